The second-order valence-corrected chi connectivity index (χ2v) is 4.61. The third-order valence-electron chi connectivity index (χ3n) is 1.36. The van der Waals surface area contributed by atoms with E-state index in [4.69, 9.17) is 0 Å². The summed E-state index contributed by atoms with van der Waals surface area (Å²) >= 11 is 0. The zero-order valence-corrected chi connectivity index (χ0v) is 8.85. The average molecular weight is 206 g/mol. The summed E-state index contributed by atoms with van der Waals surface area (Å²) in [6.07, 6.45) is 0. The Balaban J connectivity index is 4.59. The third kappa shape index (κ3) is 4.67. The van der Waals surface area contributed by atoms with E-state index in [0.717, 1.165) is 5.41 Å². The minimum atomic E-state index is -3.24. The quantitative estimate of drug-likeness (QED) is 0.506. The fraction of sp³-hybridized carbons (Fsp3) is 0.625. The maximum atomic E-state index is 11.0. The molecule has 0 aliphatic heterocycles. The molecule has 0 aliphatic carbocycles. The van der Waals surface area contributed by atoms with Crippen molar-refractivity contribution in [2.45, 2.75) is 20.8 Å². The number of carbonyl (C=O) groups excluding carboxylic acids is 1. The van der Waals surface area contributed by atoms with Crippen LogP contribution in [0.3, 0.4) is 0 Å². The Kier molecular flexibility index (Phi) is 4.69. The highest BCUT2D eigenvalue weighted by Gasteiger charge is 2.09. The molecule has 0 aliphatic rings. The summed E-state index contributed by atoms with van der Waals surface area (Å²) in [7, 11) is -3.24. The van der Waals surface area contributed by atoms with Crippen molar-refractivity contribution in [1.29, 1.82) is 0 Å². The molecule has 0 atom stereocenters. The zero-order chi connectivity index (χ0) is 10.5. The average Bonchev–Trinajstić information content (AvgIpc) is 2.04. The van der Waals surface area contributed by atoms with Crippen LogP contribution in [0, 0.1) is 0 Å². The zero-order valence-electron chi connectivity index (χ0n) is 8.03. The molecule has 0 amide bonds. The molecule has 76 valence electrons. The smallest absolute Gasteiger partial charge is 0.334 e. The van der Waals surface area contributed by atoms with Crippen LogP contribution in [0.25, 0.3) is 0 Å². The molecule has 0 aromatic heterocycles. The van der Waals surface area contributed by atoms with Crippen LogP contribution in [0.5, 0.6) is 0 Å². The Morgan fingerprint density at radius 2 is 1.92 bits per heavy atom. The molecule has 0 aromatic carbocycles. The number of sulfone groups is 1. The molecule has 0 fully saturated rings. The Hall–Kier alpha value is -0.840. The first-order valence-electron chi connectivity index (χ1n) is 4.01. The monoisotopic (exact) mass is 206 g/mol. The first-order valence-corrected chi connectivity index (χ1v) is 5.72. The number of esters is 1. The molecule has 0 radical (unpaired) electrons. The minimum absolute atomic E-state index is 0.0102. The number of hydrogen-bond acceptors (Lipinski definition) is 4. The highest BCUT2D eigenvalue weighted by molar-refractivity contribution is 7.94. The molecule has 0 unspecified atom stereocenters. The van der Waals surface area contributed by atoms with Gasteiger partial charge in [-0.1, -0.05) is 6.92 Å². The van der Waals surface area contributed by atoms with Crippen LogP contribution in [-0.2, 0) is 19.4 Å². The van der Waals surface area contributed by atoms with Crippen molar-refractivity contribution in [2.24, 2.45) is 0 Å². The predicted octanol–water partition coefficient (Wildman–Crippen LogP) is 0.888. The summed E-state index contributed by atoms with van der Waals surface area (Å²) < 4.78 is 26.7. The number of rotatable bonds is 4. The standard InChI is InChI=1S/C8H14O4S/c1-4-12-8(9)7(3)6-13(10,11)5-2/h6H,4-5H2,1-3H3. The van der Waals surface area contributed by atoms with Crippen LogP contribution in [0.15, 0.2) is 11.0 Å². The van der Waals surface area contributed by atoms with Gasteiger partial charge in [0, 0.05) is 11.0 Å². The van der Waals surface area contributed by atoms with E-state index in [0.29, 0.717) is 0 Å². The second-order valence-electron chi connectivity index (χ2n) is 2.47. The van der Waals surface area contributed by atoms with E-state index in [2.05, 4.69) is 4.74 Å². The number of ether oxygens (including phenoxy) is 1. The Bertz CT molecular complexity index is 300. The summed E-state index contributed by atoms with van der Waals surface area (Å²) in [5.41, 5.74) is 0.115. The van der Waals surface area contributed by atoms with Crippen molar-refractivity contribution >= 4 is 15.8 Å². The van der Waals surface area contributed by atoms with Gasteiger partial charge < -0.3 is 4.74 Å². The topological polar surface area (TPSA) is 60.4 Å². The van der Waals surface area contributed by atoms with Crippen LogP contribution in [0.1, 0.15) is 20.8 Å². The Labute approximate surface area is 78.5 Å². The lowest BCUT2D eigenvalue weighted by molar-refractivity contribution is -0.138. The molecule has 4 nitrogen and oxygen atoms in total. The maximum absolute atomic E-state index is 11.0. The molecule has 0 aromatic rings. The largest absolute Gasteiger partial charge is 0.463 e. The van der Waals surface area contributed by atoms with Crippen LogP contribution in [0.4, 0.5) is 0 Å². The van der Waals surface area contributed by atoms with Gasteiger partial charge in [-0.2, -0.15) is 0 Å². The highest BCUT2D eigenvalue weighted by Crippen LogP contribution is 2.02. The minimum Gasteiger partial charge on any atom is -0.463 e. The summed E-state index contributed by atoms with van der Waals surface area (Å²) in [5.74, 6) is -0.594. The lowest BCUT2D eigenvalue weighted by atomic mass is 10.4. The molecule has 0 heterocycles. The Morgan fingerprint density at radius 1 is 1.38 bits per heavy atom. The van der Waals surface area contributed by atoms with Crippen LogP contribution < -0.4 is 0 Å². The molecule has 0 spiro atoms. The molecular weight excluding hydrogens is 192 g/mol. The first-order chi connectivity index (χ1) is 5.93. The van der Waals surface area contributed by atoms with Crippen LogP contribution >= 0.6 is 0 Å². The van der Waals surface area contributed by atoms with Gasteiger partial charge in [0.2, 0.25) is 0 Å². The SMILES string of the molecule is CCOC(=O)C(C)=CS(=O)(=O)CC. The lowest BCUT2D eigenvalue weighted by Gasteiger charge is -2.00. The predicted molar refractivity (Wildman–Crippen MR) is 49.9 cm³/mol. The normalized spacial score (nSPS) is 12.7. The van der Waals surface area contributed by atoms with Crippen molar-refractivity contribution < 1.29 is 17.9 Å². The fourth-order valence-electron chi connectivity index (χ4n) is 0.646. The van der Waals surface area contributed by atoms with Crippen molar-refractivity contribution in [2.75, 3.05) is 12.4 Å². The molecule has 0 N–H and O–H groups in total. The van der Waals surface area contributed by atoms with Crippen molar-refractivity contribution in [3.63, 3.8) is 0 Å². The van der Waals surface area contributed by atoms with Gasteiger partial charge in [-0.15, -0.1) is 0 Å². The van der Waals surface area contributed by atoms with E-state index >= 15 is 0 Å². The Morgan fingerprint density at radius 3 is 2.31 bits per heavy atom. The lowest BCUT2D eigenvalue weighted by Crippen LogP contribution is -2.08. The highest BCUT2D eigenvalue weighted by atomic mass is 32.2. The molecule has 0 saturated heterocycles. The summed E-state index contributed by atoms with van der Waals surface area (Å²) in [5, 5.41) is 0.949. The van der Waals surface area contributed by atoms with Gasteiger partial charge in [0.25, 0.3) is 0 Å². The summed E-state index contributed by atoms with van der Waals surface area (Å²) in [6.45, 7) is 4.85. The fourth-order valence-corrected chi connectivity index (χ4v) is 1.45. The molecular formula is C8H14O4S. The third-order valence-corrected chi connectivity index (χ3v) is 2.87. The number of hydrogen-bond donors (Lipinski definition) is 0. The number of carbonyl (C=O) groups is 1. The molecule has 5 heteroatoms. The molecule has 13 heavy (non-hydrogen) atoms. The van der Waals surface area contributed by atoms with E-state index < -0.39 is 15.8 Å². The van der Waals surface area contributed by atoms with Gasteiger partial charge in [-0.3, -0.25) is 0 Å². The van der Waals surface area contributed by atoms with Gasteiger partial charge in [0.1, 0.15) is 0 Å². The van der Waals surface area contributed by atoms with E-state index in [1.165, 1.54) is 13.8 Å². The van der Waals surface area contributed by atoms with Crippen molar-refractivity contribution in [3.05, 3.63) is 11.0 Å². The molecule has 0 rings (SSSR count). The van der Waals surface area contributed by atoms with Gasteiger partial charge >= 0.3 is 5.97 Å². The van der Waals surface area contributed by atoms with E-state index in [1.807, 2.05) is 0 Å². The summed E-state index contributed by atoms with van der Waals surface area (Å²) in [6, 6.07) is 0. The maximum Gasteiger partial charge on any atom is 0.334 e. The first kappa shape index (κ1) is 12.2. The van der Waals surface area contributed by atoms with Crippen molar-refractivity contribution in [3.8, 4) is 0 Å². The molecule has 0 saturated carbocycles. The van der Waals surface area contributed by atoms with E-state index in [-0.39, 0.29) is 17.9 Å². The second kappa shape index (κ2) is 5.01. The van der Waals surface area contributed by atoms with E-state index in [1.54, 1.807) is 6.92 Å². The van der Waals surface area contributed by atoms with Crippen LogP contribution in [0.2, 0.25) is 0 Å². The molecule has 0 bridgehead atoms. The van der Waals surface area contributed by atoms with Gasteiger partial charge in [-0.05, 0) is 13.8 Å². The van der Waals surface area contributed by atoms with E-state index in [9.17, 15) is 13.2 Å². The van der Waals surface area contributed by atoms with Gasteiger partial charge in [-0.25, -0.2) is 13.2 Å². The van der Waals surface area contributed by atoms with Gasteiger partial charge in [0.15, 0.2) is 9.84 Å². The van der Waals surface area contributed by atoms with Crippen molar-refractivity contribution in [1.82, 2.24) is 0 Å². The van der Waals surface area contributed by atoms with Crippen LogP contribution in [-0.4, -0.2) is 26.7 Å². The summed E-state index contributed by atoms with van der Waals surface area (Å²) in [4.78, 5) is 11.0. The van der Waals surface area contributed by atoms with Gasteiger partial charge in [0.05, 0.1) is 12.4 Å².